The molecule has 0 atom stereocenters. The summed E-state index contributed by atoms with van der Waals surface area (Å²) in [6, 6.07) is 5.42. The van der Waals surface area contributed by atoms with E-state index in [1.165, 1.54) is 0 Å². The van der Waals surface area contributed by atoms with Gasteiger partial charge in [0.05, 0.1) is 12.8 Å². The van der Waals surface area contributed by atoms with Crippen molar-refractivity contribution < 1.29 is 14.6 Å². The van der Waals surface area contributed by atoms with E-state index in [0.29, 0.717) is 30.1 Å². The van der Waals surface area contributed by atoms with Crippen molar-refractivity contribution >= 4 is 23.3 Å². The molecule has 0 amide bonds. The molecule has 0 saturated heterocycles. The Labute approximate surface area is 110 Å². The molecule has 0 fully saturated rings. The van der Waals surface area contributed by atoms with Crippen LogP contribution in [0, 0.1) is 0 Å². The van der Waals surface area contributed by atoms with Gasteiger partial charge in [-0.15, -0.1) is 0 Å². The van der Waals surface area contributed by atoms with Crippen molar-refractivity contribution in [2.75, 3.05) is 25.1 Å². The van der Waals surface area contributed by atoms with E-state index in [1.54, 1.807) is 19.3 Å². The lowest BCUT2D eigenvalue weighted by Crippen LogP contribution is -2.30. The van der Waals surface area contributed by atoms with Crippen molar-refractivity contribution in [1.82, 2.24) is 0 Å². The van der Waals surface area contributed by atoms with Gasteiger partial charge in [-0.3, -0.25) is 0 Å². The Bertz CT molecular complexity index is 499. The van der Waals surface area contributed by atoms with Crippen LogP contribution in [0.3, 0.4) is 0 Å². The third-order valence-electron chi connectivity index (χ3n) is 2.97. The van der Waals surface area contributed by atoms with Crippen LogP contribution in [0.4, 0.5) is 5.69 Å². The zero-order valence-electron chi connectivity index (χ0n) is 10.0. The molecule has 1 aliphatic rings. The van der Waals surface area contributed by atoms with Gasteiger partial charge >= 0.3 is 5.97 Å². The lowest BCUT2D eigenvalue weighted by atomic mass is 10.1. The molecule has 0 radical (unpaired) electrons. The van der Waals surface area contributed by atoms with Crippen LogP contribution >= 0.6 is 11.6 Å². The number of carbonyl (C=O) groups is 1. The summed E-state index contributed by atoms with van der Waals surface area (Å²) < 4.78 is 5.29. The molecule has 0 bridgehead atoms. The highest BCUT2D eigenvalue weighted by atomic mass is 35.5. The minimum atomic E-state index is -0.840. The normalized spacial score (nSPS) is 15.2. The van der Waals surface area contributed by atoms with E-state index in [9.17, 15) is 4.79 Å². The maximum Gasteiger partial charge on any atom is 0.331 e. The van der Waals surface area contributed by atoms with Crippen LogP contribution in [-0.2, 0) is 4.79 Å². The first-order valence-electron chi connectivity index (χ1n) is 5.62. The number of carboxylic acids is 1. The van der Waals surface area contributed by atoms with Gasteiger partial charge in [0.15, 0.2) is 0 Å². The molecule has 0 aromatic heterocycles. The van der Waals surface area contributed by atoms with Crippen LogP contribution in [0.15, 0.2) is 29.8 Å². The van der Waals surface area contributed by atoms with E-state index >= 15 is 0 Å². The van der Waals surface area contributed by atoms with E-state index in [1.807, 2.05) is 12.1 Å². The third kappa shape index (κ3) is 2.59. The van der Waals surface area contributed by atoms with Crippen LogP contribution < -0.4 is 9.64 Å². The maximum atomic E-state index is 10.8. The highest BCUT2D eigenvalue weighted by Crippen LogP contribution is 2.32. The molecule has 1 heterocycles. The monoisotopic (exact) mass is 267 g/mol. The summed E-state index contributed by atoms with van der Waals surface area (Å²) in [6.45, 7) is 1.20. The van der Waals surface area contributed by atoms with E-state index in [0.717, 1.165) is 11.4 Å². The first-order chi connectivity index (χ1) is 8.61. The molecule has 96 valence electrons. The predicted molar refractivity (Wildman–Crippen MR) is 70.6 cm³/mol. The molecular formula is C13H14ClNO3. The largest absolute Gasteiger partial charge is 0.495 e. The van der Waals surface area contributed by atoms with Crippen molar-refractivity contribution in [3.63, 3.8) is 0 Å². The summed E-state index contributed by atoms with van der Waals surface area (Å²) in [5.74, 6) is -0.0979. The minimum absolute atomic E-state index is 0.465. The number of halogens is 1. The van der Waals surface area contributed by atoms with Crippen LogP contribution in [0.25, 0.3) is 0 Å². The number of rotatable bonds is 3. The molecule has 18 heavy (non-hydrogen) atoms. The molecule has 0 aliphatic carbocycles. The van der Waals surface area contributed by atoms with Crippen molar-refractivity contribution in [1.29, 1.82) is 0 Å². The Kier molecular flexibility index (Phi) is 3.77. The summed E-state index contributed by atoms with van der Waals surface area (Å²) in [5.41, 5.74) is 1.36. The fraction of sp³-hybridized carbons (Fsp3) is 0.308. The zero-order chi connectivity index (χ0) is 13.1. The van der Waals surface area contributed by atoms with Crippen LogP contribution in [0.2, 0.25) is 5.02 Å². The molecule has 5 heteroatoms. The van der Waals surface area contributed by atoms with Gasteiger partial charge < -0.3 is 14.7 Å². The number of anilines is 1. The number of carboxylic acid groups (broad SMARTS) is 1. The number of hydrogen-bond donors (Lipinski definition) is 1. The number of hydrogen-bond acceptors (Lipinski definition) is 3. The topological polar surface area (TPSA) is 49.8 Å². The smallest absolute Gasteiger partial charge is 0.331 e. The van der Waals surface area contributed by atoms with Gasteiger partial charge in [-0.25, -0.2) is 4.79 Å². The Morgan fingerprint density at radius 1 is 1.50 bits per heavy atom. The van der Waals surface area contributed by atoms with E-state index in [2.05, 4.69) is 4.90 Å². The minimum Gasteiger partial charge on any atom is -0.495 e. The highest BCUT2D eigenvalue weighted by Gasteiger charge is 2.19. The van der Waals surface area contributed by atoms with Crippen molar-refractivity contribution in [2.45, 2.75) is 6.42 Å². The average molecular weight is 268 g/mol. The molecular weight excluding hydrogens is 254 g/mol. The second-order valence-corrected chi connectivity index (χ2v) is 4.48. The standard InChI is InChI=1S/C13H14ClNO3/c1-18-12-3-2-10(14)8-11(12)15-6-4-9(5-7-15)13(16)17/h2-4,8H,5-7H2,1H3,(H,16,17). The average Bonchev–Trinajstić information content (AvgIpc) is 2.39. The SMILES string of the molecule is COc1ccc(Cl)cc1N1CC=C(C(=O)O)CC1. The molecule has 0 saturated carbocycles. The highest BCUT2D eigenvalue weighted by molar-refractivity contribution is 6.30. The van der Waals surface area contributed by atoms with E-state index in [4.69, 9.17) is 21.4 Å². The van der Waals surface area contributed by atoms with Crippen molar-refractivity contribution in [3.8, 4) is 5.75 Å². The molecule has 1 aliphatic heterocycles. The number of methoxy groups -OCH3 is 1. The van der Waals surface area contributed by atoms with Crippen LogP contribution in [0.5, 0.6) is 5.75 Å². The summed E-state index contributed by atoms with van der Waals surface area (Å²) in [5, 5.41) is 9.55. The first-order valence-corrected chi connectivity index (χ1v) is 6.00. The lowest BCUT2D eigenvalue weighted by molar-refractivity contribution is -0.132. The van der Waals surface area contributed by atoms with Crippen LogP contribution in [-0.4, -0.2) is 31.3 Å². The first kappa shape index (κ1) is 12.8. The van der Waals surface area contributed by atoms with Gasteiger partial charge in [0.1, 0.15) is 5.75 Å². The molecule has 0 unspecified atom stereocenters. The Morgan fingerprint density at radius 3 is 2.83 bits per heavy atom. The van der Waals surface area contributed by atoms with Gasteiger partial charge in [-0.2, -0.15) is 0 Å². The summed E-state index contributed by atoms with van der Waals surface area (Å²) in [7, 11) is 1.61. The molecule has 2 rings (SSSR count). The second kappa shape index (κ2) is 5.31. The van der Waals surface area contributed by atoms with Gasteiger partial charge in [-0.1, -0.05) is 17.7 Å². The fourth-order valence-electron chi connectivity index (χ4n) is 1.99. The fourth-order valence-corrected chi connectivity index (χ4v) is 2.16. The quantitative estimate of drug-likeness (QED) is 0.914. The van der Waals surface area contributed by atoms with Crippen molar-refractivity contribution in [3.05, 3.63) is 34.9 Å². The number of nitrogens with zero attached hydrogens (tertiary/aromatic N) is 1. The summed E-state index contributed by atoms with van der Waals surface area (Å²) in [6.07, 6.45) is 2.25. The maximum absolute atomic E-state index is 10.8. The van der Waals surface area contributed by atoms with Crippen molar-refractivity contribution in [2.24, 2.45) is 0 Å². The van der Waals surface area contributed by atoms with E-state index < -0.39 is 5.97 Å². The molecule has 0 spiro atoms. The summed E-state index contributed by atoms with van der Waals surface area (Å²) in [4.78, 5) is 12.9. The number of ether oxygens (including phenoxy) is 1. The predicted octanol–water partition coefficient (Wildman–Crippen LogP) is 2.57. The second-order valence-electron chi connectivity index (χ2n) is 4.05. The van der Waals surface area contributed by atoms with Crippen LogP contribution in [0.1, 0.15) is 6.42 Å². The van der Waals surface area contributed by atoms with Gasteiger partial charge in [0.25, 0.3) is 0 Å². The molecule has 1 N–H and O–H groups in total. The molecule has 1 aromatic rings. The summed E-state index contributed by atoms with van der Waals surface area (Å²) >= 11 is 5.98. The Balaban J connectivity index is 2.24. The Morgan fingerprint density at radius 2 is 2.28 bits per heavy atom. The van der Waals surface area contributed by atoms with Gasteiger partial charge in [0.2, 0.25) is 0 Å². The number of aliphatic carboxylic acids is 1. The molecule has 4 nitrogen and oxygen atoms in total. The third-order valence-corrected chi connectivity index (χ3v) is 3.20. The van der Waals surface area contributed by atoms with Gasteiger partial charge in [-0.05, 0) is 24.6 Å². The Hall–Kier alpha value is -1.68. The van der Waals surface area contributed by atoms with E-state index in [-0.39, 0.29) is 0 Å². The molecule has 1 aromatic carbocycles. The number of benzene rings is 1. The lowest BCUT2D eigenvalue weighted by Gasteiger charge is -2.28. The van der Waals surface area contributed by atoms with Gasteiger partial charge in [0, 0.05) is 23.7 Å². The zero-order valence-corrected chi connectivity index (χ0v) is 10.8.